The monoisotopic (exact) mass is 1360 g/mol. The summed E-state index contributed by atoms with van der Waals surface area (Å²) in [5.41, 5.74) is 14.9. The van der Waals surface area contributed by atoms with E-state index in [-0.39, 0.29) is 37.3 Å². The number of hydrogen-bond acceptors (Lipinski definition) is 15. The number of pyridine rings is 3. The minimum Gasteiger partial charge on any atom is -0.481 e. The number of nitrogens with zero attached hydrogens (tertiary/aromatic N) is 6. The molecule has 6 heterocycles. The molecule has 0 saturated heterocycles. The van der Waals surface area contributed by atoms with Gasteiger partial charge >= 0.3 is 7.12 Å². The highest BCUT2D eigenvalue weighted by Gasteiger charge is 2.21. The normalized spacial score (nSPS) is 10.4. The van der Waals surface area contributed by atoms with Gasteiger partial charge in [-0.1, -0.05) is 113 Å². The Kier molecular flexibility index (Phi) is 26.1. The largest absolute Gasteiger partial charge is 0.490 e. The lowest BCUT2D eigenvalue weighted by Gasteiger charge is -2.11. The number of aromatic nitrogens is 6. The van der Waals surface area contributed by atoms with Crippen LogP contribution in [0, 0.1) is 17.5 Å². The number of aliphatic hydroxyl groups excluding tert-OH is 1. The van der Waals surface area contributed by atoms with Gasteiger partial charge in [0.05, 0.1) is 68.5 Å². The van der Waals surface area contributed by atoms with E-state index in [9.17, 15) is 4.39 Å². The molecule has 0 bridgehead atoms. The van der Waals surface area contributed by atoms with E-state index in [0.29, 0.717) is 106 Å². The van der Waals surface area contributed by atoms with Crippen molar-refractivity contribution in [2.45, 2.75) is 25.6 Å². The Morgan fingerprint density at radius 3 is 1.10 bits per heavy atom. The zero-order chi connectivity index (χ0) is 59.9. The maximum absolute atomic E-state index is 15.4. The van der Waals surface area contributed by atoms with Gasteiger partial charge in [-0.05, 0) is 99.6 Å². The van der Waals surface area contributed by atoms with Gasteiger partial charge in [-0.3, -0.25) is 0 Å². The summed E-state index contributed by atoms with van der Waals surface area (Å²) in [5.74, 6) is 0.730. The Balaban J connectivity index is 0.000000187. The molecule has 0 radical (unpaired) electrons. The van der Waals surface area contributed by atoms with Crippen molar-refractivity contribution in [3.05, 3.63) is 223 Å². The van der Waals surface area contributed by atoms with Crippen LogP contribution in [0.15, 0.2) is 163 Å². The van der Waals surface area contributed by atoms with Crippen LogP contribution in [0.5, 0.6) is 17.6 Å². The first-order valence-electron chi connectivity index (χ1n) is 25.0. The molecule has 0 aliphatic rings. The molecule has 444 valence electrons. The van der Waals surface area contributed by atoms with Crippen molar-refractivity contribution in [1.82, 2.24) is 29.9 Å². The van der Waals surface area contributed by atoms with Gasteiger partial charge in [0.15, 0.2) is 0 Å². The molecule has 0 saturated carbocycles. The zero-order valence-electron chi connectivity index (χ0n) is 45.3. The van der Waals surface area contributed by atoms with Crippen molar-refractivity contribution in [1.29, 1.82) is 0 Å². The number of benzene rings is 6. The molecule has 0 fully saturated rings. The van der Waals surface area contributed by atoms with Gasteiger partial charge in [0.25, 0.3) is 0 Å². The van der Waals surface area contributed by atoms with Crippen molar-refractivity contribution in [3.8, 4) is 51.0 Å². The first kappa shape index (κ1) is 68.3. The van der Waals surface area contributed by atoms with Crippen LogP contribution >= 0.6 is 97.2 Å². The van der Waals surface area contributed by atoms with Crippen LogP contribution < -0.4 is 19.7 Å². The fourth-order valence-electron chi connectivity index (χ4n) is 8.55. The third-order valence-corrected chi connectivity index (χ3v) is 16.1. The number of aliphatic hydroxyl groups is 1. The summed E-state index contributed by atoms with van der Waals surface area (Å²) in [6, 6.07) is 37.6. The first-order valence-corrected chi connectivity index (χ1v) is 29.9. The maximum Gasteiger partial charge on any atom is 0.490 e. The summed E-state index contributed by atoms with van der Waals surface area (Å²) in [5, 5.41) is 26.5. The first-order chi connectivity index (χ1) is 40.7. The predicted molar refractivity (Wildman–Crippen MR) is 353 cm³/mol. The molecular formula is C62H53BBrCl4F3N6O6S3. The standard InChI is InChI=1S/2C20H14ClFN2OS.C14H8BrClFNS.C6H8BNO3.CH4O.CH4.ClH/c2*1-25-17-6-5-12(10-23-17)7-14-9-16-20(24-11-26-16)18(19(14)22)13-3-2-4-15(21)8-13;15-6-9-5-11-14(18-7-19-11)12(13(9)17)8-2-1-3-10(16)4-8;1-11-6-3-2-5(4-8-6)7(9)10;1-2;;/h2*2-6,8-11H,7H2,1H3;1-5,7H,6H2;2-4,9-10H,1H3;2H,1H3;1H4;1H. The molecule has 0 spiro atoms. The minimum absolute atomic E-state index is 0. The highest BCUT2D eigenvalue weighted by molar-refractivity contribution is 9.08. The van der Waals surface area contributed by atoms with E-state index in [4.69, 9.17) is 64.2 Å². The number of thiazole rings is 3. The second-order valence-electron chi connectivity index (χ2n) is 17.7. The highest BCUT2D eigenvalue weighted by atomic mass is 79.9. The number of methoxy groups -OCH3 is 3. The number of ether oxygens (including phenoxy) is 3. The van der Waals surface area contributed by atoms with Crippen molar-refractivity contribution in [2.75, 3.05) is 28.4 Å². The SMILES string of the molecule is C.CO.COc1ccc(B(O)O)cn1.COc1ccc(Cc2cc3scnc3c(-c3cccc(Cl)c3)c2F)cn1.COc1ccc(Cc2cc3scnc3c(-c3cccc(Cl)c3)c2F)cn1.Cl.Fc1c(CBr)cc2scnc2c1-c1cccc(Cl)c1. The van der Waals surface area contributed by atoms with Crippen LogP contribution in [0.4, 0.5) is 13.2 Å². The van der Waals surface area contributed by atoms with Crippen LogP contribution in [0.25, 0.3) is 64.0 Å². The topological polar surface area (TPSA) is 166 Å². The molecule has 6 aromatic carbocycles. The van der Waals surface area contributed by atoms with Crippen molar-refractivity contribution in [2.24, 2.45) is 0 Å². The summed E-state index contributed by atoms with van der Waals surface area (Å²) in [4.78, 5) is 25.2. The Hall–Kier alpha value is -6.79. The van der Waals surface area contributed by atoms with Crippen molar-refractivity contribution < 1.29 is 42.5 Å². The molecule has 24 heteroatoms. The van der Waals surface area contributed by atoms with Gasteiger partial charge in [0, 0.05) is 98.8 Å². The number of hydrogen-bond donors (Lipinski definition) is 3. The third kappa shape index (κ3) is 16.8. The zero-order valence-corrected chi connectivity index (χ0v) is 52.4. The van der Waals surface area contributed by atoms with E-state index in [1.165, 1.54) is 53.4 Å². The fourth-order valence-corrected chi connectivity index (χ4v) is 11.8. The smallest absolute Gasteiger partial charge is 0.481 e. The minimum atomic E-state index is -1.46. The summed E-state index contributed by atoms with van der Waals surface area (Å²) in [6.07, 6.45) is 5.63. The molecule has 12 rings (SSSR count). The quantitative estimate of drug-likeness (QED) is 0.0784. The van der Waals surface area contributed by atoms with Gasteiger partial charge in [-0.25, -0.2) is 43.1 Å². The number of alkyl halides is 1. The van der Waals surface area contributed by atoms with Crippen molar-refractivity contribution in [3.63, 3.8) is 0 Å². The van der Waals surface area contributed by atoms with Gasteiger partial charge in [-0.2, -0.15) is 0 Å². The average molecular weight is 1360 g/mol. The fraction of sp³-hybridized carbons (Fsp3) is 0.129. The number of fused-ring (bicyclic) bond motifs is 3. The Labute approximate surface area is 536 Å². The van der Waals surface area contributed by atoms with Crippen molar-refractivity contribution >= 4 is 140 Å². The Bertz CT molecular complexity index is 3980. The van der Waals surface area contributed by atoms with Crippen LogP contribution in [0.3, 0.4) is 0 Å². The molecule has 12 nitrogen and oxygen atoms in total. The molecule has 0 amide bonds. The molecular weight excluding hydrogens is 1310 g/mol. The summed E-state index contributed by atoms with van der Waals surface area (Å²) in [7, 11) is 4.17. The molecule has 0 aliphatic heterocycles. The van der Waals surface area contributed by atoms with Gasteiger partial charge in [0.2, 0.25) is 17.6 Å². The highest BCUT2D eigenvalue weighted by Crippen LogP contribution is 2.39. The van der Waals surface area contributed by atoms with Gasteiger partial charge in [0.1, 0.15) is 17.5 Å². The van der Waals surface area contributed by atoms with Gasteiger partial charge < -0.3 is 29.4 Å². The van der Waals surface area contributed by atoms with E-state index < -0.39 is 7.12 Å². The van der Waals surface area contributed by atoms with Crippen LogP contribution in [0.2, 0.25) is 15.1 Å². The molecule has 6 aromatic heterocycles. The van der Waals surface area contributed by atoms with Gasteiger partial charge in [-0.15, -0.1) is 46.4 Å². The molecule has 0 unspecified atom stereocenters. The lowest BCUT2D eigenvalue weighted by molar-refractivity contribution is 0.397. The Morgan fingerprint density at radius 1 is 0.477 bits per heavy atom. The molecule has 0 atom stereocenters. The maximum atomic E-state index is 15.4. The summed E-state index contributed by atoms with van der Waals surface area (Å²) >= 11 is 26.0. The van der Waals surface area contributed by atoms with E-state index in [1.807, 2.05) is 66.7 Å². The number of halogens is 8. The second-order valence-corrected chi connectivity index (χ2v) is 22.2. The van der Waals surface area contributed by atoms with E-state index in [2.05, 4.69) is 45.8 Å². The molecule has 12 aromatic rings. The predicted octanol–water partition coefficient (Wildman–Crippen LogP) is 16.6. The summed E-state index contributed by atoms with van der Waals surface area (Å²) in [6.45, 7) is 0. The van der Waals surface area contributed by atoms with Crippen LogP contribution in [-0.2, 0) is 18.2 Å². The van der Waals surface area contributed by atoms with Crippen LogP contribution in [-0.4, -0.2) is 80.6 Å². The lowest BCUT2D eigenvalue weighted by atomic mass is 9.82. The second kappa shape index (κ2) is 32.8. The molecule has 3 N–H and O–H groups in total. The number of rotatable bonds is 12. The van der Waals surface area contributed by atoms with Crippen LogP contribution in [0.1, 0.15) is 35.2 Å². The third-order valence-electron chi connectivity index (χ3n) is 12.5. The van der Waals surface area contributed by atoms with E-state index >= 15 is 8.78 Å². The summed E-state index contributed by atoms with van der Waals surface area (Å²) < 4.78 is 63.2. The molecule has 86 heavy (non-hydrogen) atoms. The molecule has 0 aliphatic carbocycles. The average Bonchev–Trinajstić information content (AvgIpc) is 2.15. The van der Waals surface area contributed by atoms with E-state index in [0.717, 1.165) is 49.0 Å². The van der Waals surface area contributed by atoms with E-state index in [1.54, 1.807) is 97.7 Å². The Morgan fingerprint density at radius 2 is 0.814 bits per heavy atom. The lowest BCUT2D eigenvalue weighted by Crippen LogP contribution is -2.29.